The normalized spacial score (nSPS) is 15.9. The van der Waals surface area contributed by atoms with Gasteiger partial charge in [-0.15, -0.1) is 11.3 Å². The Morgan fingerprint density at radius 3 is 2.26 bits per heavy atom. The number of sulfonamides is 1. The second-order valence-electron chi connectivity index (χ2n) is 6.76. The van der Waals surface area contributed by atoms with Crippen LogP contribution in [0, 0.1) is 0 Å². The molecule has 1 aromatic carbocycles. The fourth-order valence-electron chi connectivity index (χ4n) is 3.28. The first-order valence-corrected chi connectivity index (χ1v) is 11.9. The van der Waals surface area contributed by atoms with Crippen LogP contribution in [0.2, 0.25) is 0 Å². The van der Waals surface area contributed by atoms with E-state index in [4.69, 9.17) is 4.74 Å². The van der Waals surface area contributed by atoms with Crippen LogP contribution in [0.15, 0.2) is 40.6 Å². The molecule has 3 rings (SSSR count). The van der Waals surface area contributed by atoms with Crippen LogP contribution in [0.1, 0.15) is 31.6 Å². The molecule has 1 unspecified atom stereocenters. The number of carbonyl (C=O) groups excluding carboxylic acids is 2. The Labute approximate surface area is 185 Å². The zero-order valence-electron chi connectivity index (χ0n) is 17.2. The van der Waals surface area contributed by atoms with E-state index in [-0.39, 0.29) is 28.6 Å². The van der Waals surface area contributed by atoms with Gasteiger partial charge in [0, 0.05) is 24.5 Å². The van der Waals surface area contributed by atoms with E-state index in [0.717, 1.165) is 4.88 Å². The number of morpholine rings is 1. The third kappa shape index (κ3) is 5.69. The first kappa shape index (κ1) is 23.4. The summed E-state index contributed by atoms with van der Waals surface area (Å²) in [4.78, 5) is 26.9. The summed E-state index contributed by atoms with van der Waals surface area (Å²) in [7, 11) is -1.68. The molecule has 0 bridgehead atoms. The van der Waals surface area contributed by atoms with Crippen LogP contribution in [0.3, 0.4) is 0 Å². The summed E-state index contributed by atoms with van der Waals surface area (Å²) in [5, 5.41) is 1.94. The van der Waals surface area contributed by atoms with E-state index in [2.05, 4.69) is 19.1 Å². The lowest BCUT2D eigenvalue weighted by Crippen LogP contribution is -2.43. The number of rotatable bonds is 8. The molecule has 0 amide bonds. The highest BCUT2D eigenvalue weighted by Crippen LogP contribution is 2.26. The molecular weight excluding hydrogens is 444 g/mol. The summed E-state index contributed by atoms with van der Waals surface area (Å²) in [6.45, 7) is 2.67. The maximum absolute atomic E-state index is 13.1. The molecule has 0 spiro atoms. The molecule has 9 nitrogen and oxygen atoms in total. The standard InChI is InChI=1S/C20H24N2O7S2/c1-27-19(23)14-10-15(20(24)28-2)12-16(11-14)31(25,26)21-13-17(18-4-3-9-30-18)22-5-7-29-8-6-22/h3-4,9-12,17,21H,5-8,13H2,1-2H3. The maximum atomic E-state index is 13.1. The monoisotopic (exact) mass is 468 g/mol. The summed E-state index contributed by atoms with van der Waals surface area (Å²) in [6.07, 6.45) is 0. The number of ether oxygens (including phenoxy) is 3. The molecule has 0 aliphatic carbocycles. The van der Waals surface area contributed by atoms with E-state index < -0.39 is 22.0 Å². The Hall–Kier alpha value is -2.31. The number of methoxy groups -OCH3 is 2. The van der Waals surface area contributed by atoms with Gasteiger partial charge in [-0.3, -0.25) is 4.90 Å². The molecule has 0 saturated carbocycles. The number of carbonyl (C=O) groups is 2. The zero-order chi connectivity index (χ0) is 22.4. The molecule has 2 aromatic rings. The van der Waals surface area contributed by atoms with Crippen molar-refractivity contribution in [1.82, 2.24) is 9.62 Å². The van der Waals surface area contributed by atoms with E-state index >= 15 is 0 Å². The van der Waals surface area contributed by atoms with E-state index in [1.54, 1.807) is 11.3 Å². The molecule has 1 aliphatic heterocycles. The summed E-state index contributed by atoms with van der Waals surface area (Å²) < 4.78 is 43.5. The molecule has 168 valence electrons. The molecule has 1 aromatic heterocycles. The summed E-state index contributed by atoms with van der Waals surface area (Å²) in [5.74, 6) is -1.51. The minimum absolute atomic E-state index is 0.0613. The van der Waals surface area contributed by atoms with Gasteiger partial charge in [-0.25, -0.2) is 22.7 Å². The van der Waals surface area contributed by atoms with Crippen molar-refractivity contribution in [3.05, 3.63) is 51.7 Å². The van der Waals surface area contributed by atoms with Gasteiger partial charge in [0.15, 0.2) is 0 Å². The molecular formula is C20H24N2O7S2. The van der Waals surface area contributed by atoms with Gasteiger partial charge in [-0.1, -0.05) is 6.07 Å². The molecule has 1 atom stereocenters. The van der Waals surface area contributed by atoms with Gasteiger partial charge in [0.2, 0.25) is 10.0 Å². The first-order valence-electron chi connectivity index (χ1n) is 9.52. The second kappa shape index (κ2) is 10.3. The van der Waals surface area contributed by atoms with Gasteiger partial charge < -0.3 is 14.2 Å². The number of hydrogen-bond donors (Lipinski definition) is 1. The third-order valence-electron chi connectivity index (χ3n) is 4.88. The van der Waals surface area contributed by atoms with Crippen molar-refractivity contribution >= 4 is 33.3 Å². The van der Waals surface area contributed by atoms with E-state index in [1.807, 2.05) is 17.5 Å². The Bertz CT molecular complexity index is 982. The molecule has 1 saturated heterocycles. The Balaban J connectivity index is 1.87. The molecule has 1 fully saturated rings. The van der Waals surface area contributed by atoms with Crippen LogP contribution >= 0.6 is 11.3 Å². The smallest absolute Gasteiger partial charge is 0.337 e. The van der Waals surface area contributed by atoms with Crippen LogP contribution in [-0.4, -0.2) is 72.3 Å². The average molecular weight is 469 g/mol. The van der Waals surface area contributed by atoms with Gasteiger partial charge in [0.1, 0.15) is 0 Å². The van der Waals surface area contributed by atoms with Crippen molar-refractivity contribution in [3.63, 3.8) is 0 Å². The topological polar surface area (TPSA) is 111 Å². The molecule has 11 heteroatoms. The van der Waals surface area contributed by atoms with Crippen molar-refractivity contribution in [1.29, 1.82) is 0 Å². The highest BCUT2D eigenvalue weighted by molar-refractivity contribution is 7.89. The minimum atomic E-state index is -4.03. The largest absolute Gasteiger partial charge is 0.465 e. The summed E-state index contributed by atoms with van der Waals surface area (Å²) in [6, 6.07) is 7.31. The molecule has 0 radical (unpaired) electrons. The number of esters is 2. The van der Waals surface area contributed by atoms with E-state index in [1.165, 1.54) is 32.4 Å². The van der Waals surface area contributed by atoms with Gasteiger partial charge >= 0.3 is 11.9 Å². The van der Waals surface area contributed by atoms with Gasteiger partial charge in [0.25, 0.3) is 0 Å². The Kier molecular flexibility index (Phi) is 7.79. The van der Waals surface area contributed by atoms with Gasteiger partial charge in [0.05, 0.1) is 49.5 Å². The van der Waals surface area contributed by atoms with Crippen molar-refractivity contribution in [2.45, 2.75) is 10.9 Å². The lowest BCUT2D eigenvalue weighted by atomic mass is 10.1. The van der Waals surface area contributed by atoms with Crippen LogP contribution in [0.25, 0.3) is 0 Å². The second-order valence-corrected chi connectivity index (χ2v) is 9.51. The number of nitrogens with zero attached hydrogens (tertiary/aromatic N) is 1. The number of nitrogens with one attached hydrogen (secondary N) is 1. The zero-order valence-corrected chi connectivity index (χ0v) is 18.8. The average Bonchev–Trinajstić information content (AvgIpc) is 3.33. The summed E-state index contributed by atoms with van der Waals surface area (Å²) in [5.41, 5.74) is -0.123. The fraction of sp³-hybridized carbons (Fsp3) is 0.400. The Morgan fingerprint density at radius 1 is 1.13 bits per heavy atom. The number of benzene rings is 1. The molecule has 1 aliphatic rings. The highest BCUT2D eigenvalue weighted by atomic mass is 32.2. The van der Waals surface area contributed by atoms with E-state index in [9.17, 15) is 18.0 Å². The van der Waals surface area contributed by atoms with Crippen LogP contribution in [0.4, 0.5) is 0 Å². The van der Waals surface area contributed by atoms with Crippen molar-refractivity contribution < 1.29 is 32.2 Å². The Morgan fingerprint density at radius 2 is 1.74 bits per heavy atom. The van der Waals surface area contributed by atoms with Crippen molar-refractivity contribution in [2.75, 3.05) is 47.1 Å². The lowest BCUT2D eigenvalue weighted by Gasteiger charge is -2.34. The quantitative estimate of drug-likeness (QED) is 0.583. The molecule has 2 heterocycles. The minimum Gasteiger partial charge on any atom is -0.465 e. The van der Waals surface area contributed by atoms with Crippen LogP contribution in [-0.2, 0) is 24.2 Å². The van der Waals surface area contributed by atoms with Crippen LogP contribution < -0.4 is 4.72 Å². The first-order chi connectivity index (χ1) is 14.9. The van der Waals surface area contributed by atoms with Gasteiger partial charge in [-0.2, -0.15) is 0 Å². The number of hydrogen-bond acceptors (Lipinski definition) is 9. The van der Waals surface area contributed by atoms with Crippen molar-refractivity contribution in [3.8, 4) is 0 Å². The lowest BCUT2D eigenvalue weighted by molar-refractivity contribution is 0.0179. The third-order valence-corrected chi connectivity index (χ3v) is 7.26. The van der Waals surface area contributed by atoms with E-state index in [0.29, 0.717) is 26.3 Å². The van der Waals surface area contributed by atoms with Crippen LogP contribution in [0.5, 0.6) is 0 Å². The van der Waals surface area contributed by atoms with Gasteiger partial charge in [-0.05, 0) is 29.6 Å². The fourth-order valence-corrected chi connectivity index (χ4v) is 5.25. The number of thiophene rings is 1. The molecule has 31 heavy (non-hydrogen) atoms. The SMILES string of the molecule is COC(=O)c1cc(C(=O)OC)cc(S(=O)(=O)NCC(c2cccs2)N2CCOCC2)c1. The maximum Gasteiger partial charge on any atom is 0.337 e. The predicted molar refractivity (Wildman–Crippen MR) is 114 cm³/mol. The van der Waals surface area contributed by atoms with Crippen molar-refractivity contribution in [2.24, 2.45) is 0 Å². The predicted octanol–water partition coefficient (Wildman–Crippen LogP) is 1.67. The summed E-state index contributed by atoms with van der Waals surface area (Å²) >= 11 is 1.55. The highest BCUT2D eigenvalue weighted by Gasteiger charge is 2.27. The molecule has 1 N–H and O–H groups in total.